The SMILES string of the molecule is CCN1C(=O)[C@@]2(CC(=O)Nc3c2cnn3-c2ccc(Br)cc2)c2ccccc21. The summed E-state index contributed by atoms with van der Waals surface area (Å²) in [6.45, 7) is 2.50. The summed E-state index contributed by atoms with van der Waals surface area (Å²) >= 11 is 3.43. The molecule has 5 rings (SSSR count). The van der Waals surface area contributed by atoms with E-state index >= 15 is 0 Å². The number of para-hydroxylation sites is 1. The molecular weight excluding hydrogens is 420 g/mol. The second-order valence-electron chi connectivity index (χ2n) is 6.99. The van der Waals surface area contributed by atoms with Crippen molar-refractivity contribution in [3.8, 4) is 5.69 Å². The fraction of sp³-hybridized carbons (Fsp3) is 0.190. The van der Waals surface area contributed by atoms with E-state index in [2.05, 4.69) is 26.3 Å². The second kappa shape index (κ2) is 6.04. The summed E-state index contributed by atoms with van der Waals surface area (Å²) in [5, 5.41) is 7.46. The fourth-order valence-corrected chi connectivity index (χ4v) is 4.61. The average Bonchev–Trinajstić information content (AvgIpc) is 3.21. The van der Waals surface area contributed by atoms with Gasteiger partial charge in [-0.2, -0.15) is 5.10 Å². The van der Waals surface area contributed by atoms with Crippen molar-refractivity contribution in [2.24, 2.45) is 0 Å². The minimum Gasteiger partial charge on any atom is -0.311 e. The second-order valence-corrected chi connectivity index (χ2v) is 7.91. The van der Waals surface area contributed by atoms with Crippen molar-refractivity contribution in [3.63, 3.8) is 0 Å². The Morgan fingerprint density at radius 2 is 1.86 bits per heavy atom. The predicted octanol–water partition coefficient (Wildman–Crippen LogP) is 3.63. The largest absolute Gasteiger partial charge is 0.311 e. The van der Waals surface area contributed by atoms with Gasteiger partial charge in [0.25, 0.3) is 0 Å². The molecule has 1 atom stereocenters. The third-order valence-corrected chi connectivity index (χ3v) is 6.09. The summed E-state index contributed by atoms with van der Waals surface area (Å²) in [6.07, 6.45) is 1.79. The van der Waals surface area contributed by atoms with E-state index in [1.165, 1.54) is 0 Å². The molecule has 2 aliphatic rings. The van der Waals surface area contributed by atoms with E-state index in [0.29, 0.717) is 12.4 Å². The van der Waals surface area contributed by atoms with E-state index in [1.54, 1.807) is 15.8 Å². The number of nitrogens with zero attached hydrogens (tertiary/aromatic N) is 3. The number of carbonyl (C=O) groups is 2. The van der Waals surface area contributed by atoms with Gasteiger partial charge in [0.1, 0.15) is 11.2 Å². The van der Waals surface area contributed by atoms with Crippen LogP contribution in [0.3, 0.4) is 0 Å². The first-order valence-electron chi connectivity index (χ1n) is 9.12. The number of anilines is 2. The molecule has 1 N–H and O–H groups in total. The highest BCUT2D eigenvalue weighted by atomic mass is 79.9. The molecule has 140 valence electrons. The van der Waals surface area contributed by atoms with Crippen LogP contribution in [0.1, 0.15) is 24.5 Å². The average molecular weight is 437 g/mol. The van der Waals surface area contributed by atoms with Gasteiger partial charge in [0.05, 0.1) is 11.9 Å². The number of carbonyl (C=O) groups excluding carboxylic acids is 2. The molecule has 0 bridgehead atoms. The van der Waals surface area contributed by atoms with Crippen LogP contribution >= 0.6 is 15.9 Å². The molecule has 3 aromatic rings. The van der Waals surface area contributed by atoms with Crippen LogP contribution < -0.4 is 10.2 Å². The molecule has 0 fully saturated rings. The highest BCUT2D eigenvalue weighted by Crippen LogP contribution is 2.52. The number of halogens is 1. The van der Waals surface area contributed by atoms with Crippen molar-refractivity contribution in [2.45, 2.75) is 18.8 Å². The number of hydrogen-bond acceptors (Lipinski definition) is 3. The van der Waals surface area contributed by atoms with Gasteiger partial charge in [-0.15, -0.1) is 0 Å². The van der Waals surface area contributed by atoms with E-state index < -0.39 is 5.41 Å². The van der Waals surface area contributed by atoms with Gasteiger partial charge in [0.15, 0.2) is 0 Å². The van der Waals surface area contributed by atoms with Crippen molar-refractivity contribution in [2.75, 3.05) is 16.8 Å². The third kappa shape index (κ3) is 2.16. The zero-order valence-corrected chi connectivity index (χ0v) is 16.7. The lowest BCUT2D eigenvalue weighted by molar-refractivity contribution is -0.126. The molecule has 7 heteroatoms. The van der Waals surface area contributed by atoms with Crippen LogP contribution in [0.2, 0.25) is 0 Å². The maximum absolute atomic E-state index is 13.6. The Balaban J connectivity index is 1.76. The summed E-state index contributed by atoms with van der Waals surface area (Å²) < 4.78 is 2.64. The molecule has 2 aromatic carbocycles. The molecule has 1 spiro atoms. The van der Waals surface area contributed by atoms with Gasteiger partial charge >= 0.3 is 0 Å². The van der Waals surface area contributed by atoms with Gasteiger partial charge in [-0.1, -0.05) is 34.1 Å². The molecular formula is C21H17BrN4O2. The predicted molar refractivity (Wildman–Crippen MR) is 110 cm³/mol. The highest BCUT2D eigenvalue weighted by molar-refractivity contribution is 9.10. The van der Waals surface area contributed by atoms with Gasteiger partial charge < -0.3 is 10.2 Å². The highest BCUT2D eigenvalue weighted by Gasteiger charge is 2.56. The van der Waals surface area contributed by atoms with E-state index in [1.807, 2.05) is 55.5 Å². The zero-order chi connectivity index (χ0) is 19.5. The molecule has 0 saturated heterocycles. The van der Waals surface area contributed by atoms with E-state index in [9.17, 15) is 9.59 Å². The van der Waals surface area contributed by atoms with E-state index in [4.69, 9.17) is 0 Å². The number of aromatic nitrogens is 2. The molecule has 2 amide bonds. The Hall–Kier alpha value is -2.93. The smallest absolute Gasteiger partial charge is 0.242 e. The summed E-state index contributed by atoms with van der Waals surface area (Å²) in [7, 11) is 0. The molecule has 28 heavy (non-hydrogen) atoms. The van der Waals surface area contributed by atoms with E-state index in [-0.39, 0.29) is 18.2 Å². The molecule has 0 unspecified atom stereocenters. The van der Waals surface area contributed by atoms with Gasteiger partial charge in [-0.3, -0.25) is 9.59 Å². The zero-order valence-electron chi connectivity index (χ0n) is 15.1. The molecule has 0 aliphatic carbocycles. The number of nitrogens with one attached hydrogen (secondary N) is 1. The van der Waals surface area contributed by atoms with Crippen LogP contribution in [0, 0.1) is 0 Å². The lowest BCUT2D eigenvalue weighted by atomic mass is 9.72. The van der Waals surface area contributed by atoms with Crippen molar-refractivity contribution >= 4 is 39.2 Å². The van der Waals surface area contributed by atoms with Crippen molar-refractivity contribution in [1.82, 2.24) is 9.78 Å². The maximum Gasteiger partial charge on any atom is 0.242 e. The number of hydrogen-bond donors (Lipinski definition) is 1. The number of rotatable bonds is 2. The molecule has 0 radical (unpaired) electrons. The molecule has 3 heterocycles. The van der Waals surface area contributed by atoms with E-state index in [0.717, 1.165) is 27.0 Å². The van der Waals surface area contributed by atoms with Crippen LogP contribution in [-0.4, -0.2) is 28.1 Å². The summed E-state index contributed by atoms with van der Waals surface area (Å²) in [5.74, 6) is 0.301. The standard InChI is InChI=1S/C21H17BrN4O2/c1-2-25-17-6-4-3-5-15(17)21(20(25)28)11-18(27)24-19-16(21)12-23-26(19)14-9-7-13(22)8-10-14/h3-10,12H,2,11H2,1H3,(H,24,27)/t21-/m0/s1. The lowest BCUT2D eigenvalue weighted by Gasteiger charge is -2.32. The Morgan fingerprint density at radius 3 is 2.61 bits per heavy atom. The summed E-state index contributed by atoms with van der Waals surface area (Å²) in [5.41, 5.74) is 2.26. The quantitative estimate of drug-likeness (QED) is 0.666. The maximum atomic E-state index is 13.6. The van der Waals surface area contributed by atoms with Crippen LogP contribution in [0.5, 0.6) is 0 Å². The first-order chi connectivity index (χ1) is 13.6. The monoisotopic (exact) mass is 436 g/mol. The number of benzene rings is 2. The minimum atomic E-state index is -1.03. The van der Waals surface area contributed by atoms with Crippen LogP contribution in [0.4, 0.5) is 11.5 Å². The number of amides is 2. The lowest BCUT2D eigenvalue weighted by Crippen LogP contribution is -2.46. The summed E-state index contributed by atoms with van der Waals surface area (Å²) in [4.78, 5) is 28.1. The molecule has 1 aromatic heterocycles. The van der Waals surface area contributed by atoms with Gasteiger partial charge in [0.2, 0.25) is 11.8 Å². The Morgan fingerprint density at radius 1 is 1.11 bits per heavy atom. The van der Waals surface area contributed by atoms with Crippen molar-refractivity contribution in [1.29, 1.82) is 0 Å². The topological polar surface area (TPSA) is 67.2 Å². The third-order valence-electron chi connectivity index (χ3n) is 5.56. The molecule has 0 saturated carbocycles. The molecule has 6 nitrogen and oxygen atoms in total. The number of likely N-dealkylation sites (N-methyl/N-ethyl adjacent to an activating group) is 1. The Kier molecular flexibility index (Phi) is 3.71. The minimum absolute atomic E-state index is 0.0670. The van der Waals surface area contributed by atoms with Crippen molar-refractivity contribution < 1.29 is 9.59 Å². The van der Waals surface area contributed by atoms with Gasteiger partial charge in [-0.25, -0.2) is 4.68 Å². The van der Waals surface area contributed by atoms with Crippen LogP contribution in [-0.2, 0) is 15.0 Å². The normalized spacial score (nSPS) is 20.3. The van der Waals surface area contributed by atoms with Crippen LogP contribution in [0.25, 0.3) is 5.69 Å². The van der Waals surface area contributed by atoms with Crippen molar-refractivity contribution in [3.05, 3.63) is 70.3 Å². The molecule has 2 aliphatic heterocycles. The van der Waals surface area contributed by atoms with Gasteiger partial charge in [-0.05, 0) is 42.8 Å². The first kappa shape index (κ1) is 17.2. The van der Waals surface area contributed by atoms with Crippen LogP contribution in [0.15, 0.2) is 59.2 Å². The Labute approximate surface area is 170 Å². The first-order valence-corrected chi connectivity index (χ1v) is 9.91. The fourth-order valence-electron chi connectivity index (χ4n) is 4.34. The summed E-state index contributed by atoms with van der Waals surface area (Å²) in [6, 6.07) is 15.4. The Bertz CT molecular complexity index is 1120. The number of fused-ring (bicyclic) bond motifs is 4. The van der Waals surface area contributed by atoms with Gasteiger partial charge in [0, 0.05) is 28.7 Å².